The molecular weight excluding hydrogens is 209 g/mol. The quantitative estimate of drug-likeness (QED) is 0.729. The molecule has 0 unspecified atom stereocenters. The van der Waals surface area contributed by atoms with E-state index < -0.39 is 6.61 Å². The minimum Gasteiger partial charge on any atom is -0.433 e. The fraction of sp³-hybridized carbons (Fsp3) is 0.143. The molecule has 0 spiro atoms. The van der Waals surface area contributed by atoms with Gasteiger partial charge < -0.3 is 4.74 Å². The van der Waals surface area contributed by atoms with Gasteiger partial charge >= 0.3 is 6.61 Å². The summed E-state index contributed by atoms with van der Waals surface area (Å²) in [7, 11) is 0. The summed E-state index contributed by atoms with van der Waals surface area (Å²) in [5.41, 5.74) is 0. The highest BCUT2D eigenvalue weighted by Gasteiger charge is 2.07. The highest BCUT2D eigenvalue weighted by molar-refractivity contribution is 6.35. The lowest BCUT2D eigenvalue weighted by Gasteiger charge is -2.05. The molecule has 1 aromatic carbocycles. The van der Waals surface area contributed by atoms with E-state index in [9.17, 15) is 8.78 Å². The molecule has 0 aromatic heterocycles. The lowest BCUT2D eigenvalue weighted by Crippen LogP contribution is -2.01. The Morgan fingerprint density at radius 3 is 2.42 bits per heavy atom. The molecule has 0 fully saturated rings. The van der Waals surface area contributed by atoms with Gasteiger partial charge in [0, 0.05) is 5.02 Å². The van der Waals surface area contributed by atoms with Crippen LogP contribution in [0.1, 0.15) is 0 Å². The van der Waals surface area contributed by atoms with Gasteiger partial charge in [0.2, 0.25) is 0 Å². The second kappa shape index (κ2) is 3.92. The first kappa shape index (κ1) is 9.55. The van der Waals surface area contributed by atoms with Gasteiger partial charge in [-0.2, -0.15) is 8.78 Å². The van der Waals surface area contributed by atoms with Gasteiger partial charge in [-0.15, -0.1) is 0 Å². The van der Waals surface area contributed by atoms with E-state index in [1.165, 1.54) is 18.2 Å². The Hall–Kier alpha value is -0.540. The molecule has 0 N–H and O–H groups in total. The molecule has 0 radical (unpaired) electrons. The Labute approximate surface area is 77.8 Å². The van der Waals surface area contributed by atoms with E-state index in [4.69, 9.17) is 23.2 Å². The fourth-order valence-electron chi connectivity index (χ4n) is 0.667. The summed E-state index contributed by atoms with van der Waals surface area (Å²) in [6.45, 7) is -2.87. The van der Waals surface area contributed by atoms with Crippen molar-refractivity contribution in [1.82, 2.24) is 0 Å². The molecule has 5 heteroatoms. The molecule has 0 saturated heterocycles. The molecule has 1 aromatic rings. The number of hydrogen-bond acceptors (Lipinski definition) is 1. The molecule has 0 aliphatic carbocycles. The summed E-state index contributed by atoms with van der Waals surface area (Å²) in [6, 6.07) is 4.04. The molecule has 0 atom stereocenters. The van der Waals surface area contributed by atoms with Crippen LogP contribution in [0.5, 0.6) is 5.75 Å². The maximum Gasteiger partial charge on any atom is 0.387 e. The zero-order valence-electron chi connectivity index (χ0n) is 5.73. The second-order valence-electron chi connectivity index (χ2n) is 1.95. The minimum atomic E-state index is -2.87. The van der Waals surface area contributed by atoms with E-state index in [1.54, 1.807) is 0 Å². The Bertz CT molecular complexity index is 278. The molecule has 1 nitrogen and oxygen atoms in total. The zero-order chi connectivity index (χ0) is 9.14. The molecule has 0 bridgehead atoms. The van der Waals surface area contributed by atoms with Crippen LogP contribution in [0.3, 0.4) is 0 Å². The molecule has 0 aliphatic heterocycles. The minimum absolute atomic E-state index is 0.0720. The van der Waals surface area contributed by atoms with E-state index in [1.807, 2.05) is 0 Å². The van der Waals surface area contributed by atoms with Gasteiger partial charge in [-0.25, -0.2) is 0 Å². The molecule has 66 valence electrons. The van der Waals surface area contributed by atoms with Crippen molar-refractivity contribution in [3.8, 4) is 5.75 Å². The van der Waals surface area contributed by atoms with Crippen LogP contribution in [-0.4, -0.2) is 6.61 Å². The second-order valence-corrected chi connectivity index (χ2v) is 2.80. The van der Waals surface area contributed by atoms with E-state index >= 15 is 0 Å². The molecule has 0 saturated carbocycles. The van der Waals surface area contributed by atoms with Crippen LogP contribution in [0.25, 0.3) is 0 Å². The van der Waals surface area contributed by atoms with Crippen LogP contribution in [0.15, 0.2) is 18.2 Å². The topological polar surface area (TPSA) is 9.23 Å². The van der Waals surface area contributed by atoms with E-state index in [0.29, 0.717) is 5.02 Å². The molecule has 1 rings (SSSR count). The molecule has 0 heterocycles. The number of alkyl halides is 2. The first-order chi connectivity index (χ1) is 5.59. The van der Waals surface area contributed by atoms with Gasteiger partial charge in [-0.1, -0.05) is 23.2 Å². The van der Waals surface area contributed by atoms with Gasteiger partial charge in [-0.05, 0) is 18.2 Å². The highest BCUT2D eigenvalue weighted by Crippen LogP contribution is 2.28. The van der Waals surface area contributed by atoms with Crippen molar-refractivity contribution < 1.29 is 13.5 Å². The van der Waals surface area contributed by atoms with Crippen molar-refractivity contribution in [2.45, 2.75) is 6.61 Å². The standard InChI is InChI=1S/C7H4Cl2F2O/c8-4-1-2-6(5(9)3-4)12-7(10)11/h1-3,7H. The Morgan fingerprint density at radius 1 is 1.25 bits per heavy atom. The van der Waals surface area contributed by atoms with Gasteiger partial charge in [0.05, 0.1) is 5.02 Å². The lowest BCUT2D eigenvalue weighted by molar-refractivity contribution is -0.0497. The first-order valence-electron chi connectivity index (χ1n) is 2.99. The van der Waals surface area contributed by atoms with E-state index in [2.05, 4.69) is 4.74 Å². The molecular formula is C7H4Cl2F2O. The average Bonchev–Trinajstić information content (AvgIpc) is 1.94. The van der Waals surface area contributed by atoms with Crippen LogP contribution in [0.4, 0.5) is 8.78 Å². The fourth-order valence-corrected chi connectivity index (χ4v) is 1.12. The summed E-state index contributed by atoms with van der Waals surface area (Å²) in [4.78, 5) is 0. The number of hydrogen-bond donors (Lipinski definition) is 0. The van der Waals surface area contributed by atoms with Crippen molar-refractivity contribution in [1.29, 1.82) is 0 Å². The number of ether oxygens (including phenoxy) is 1. The number of halogens is 4. The van der Waals surface area contributed by atoms with Crippen molar-refractivity contribution in [2.24, 2.45) is 0 Å². The van der Waals surface area contributed by atoms with E-state index in [0.717, 1.165) is 0 Å². The third kappa shape index (κ3) is 2.50. The van der Waals surface area contributed by atoms with Gasteiger partial charge in [0.15, 0.2) is 0 Å². The Kier molecular flexibility index (Phi) is 3.12. The van der Waals surface area contributed by atoms with Gasteiger partial charge in [-0.3, -0.25) is 0 Å². The number of benzene rings is 1. The molecule has 12 heavy (non-hydrogen) atoms. The van der Waals surface area contributed by atoms with Crippen molar-refractivity contribution >= 4 is 23.2 Å². The maximum atomic E-state index is 11.7. The smallest absolute Gasteiger partial charge is 0.387 e. The Balaban J connectivity index is 2.86. The van der Waals surface area contributed by atoms with Gasteiger partial charge in [0.25, 0.3) is 0 Å². The molecule has 0 amide bonds. The van der Waals surface area contributed by atoms with Gasteiger partial charge in [0.1, 0.15) is 5.75 Å². The third-order valence-corrected chi connectivity index (χ3v) is 1.64. The summed E-state index contributed by atoms with van der Waals surface area (Å²) in [5, 5.41) is 0.449. The Morgan fingerprint density at radius 2 is 1.92 bits per heavy atom. The highest BCUT2D eigenvalue weighted by atomic mass is 35.5. The maximum absolute atomic E-state index is 11.7. The summed E-state index contributed by atoms with van der Waals surface area (Å²) in [6.07, 6.45) is 0. The van der Waals surface area contributed by atoms with Crippen molar-refractivity contribution in [3.05, 3.63) is 28.2 Å². The van der Waals surface area contributed by atoms with E-state index in [-0.39, 0.29) is 10.8 Å². The summed E-state index contributed by atoms with van der Waals surface area (Å²) >= 11 is 11.1. The average molecular weight is 213 g/mol. The SMILES string of the molecule is FC(F)Oc1ccc(Cl)cc1Cl. The predicted molar refractivity (Wildman–Crippen MR) is 43.1 cm³/mol. The van der Waals surface area contributed by atoms with Crippen molar-refractivity contribution in [2.75, 3.05) is 0 Å². The number of rotatable bonds is 2. The van der Waals surface area contributed by atoms with Crippen molar-refractivity contribution in [3.63, 3.8) is 0 Å². The first-order valence-corrected chi connectivity index (χ1v) is 3.75. The lowest BCUT2D eigenvalue weighted by atomic mass is 10.3. The zero-order valence-corrected chi connectivity index (χ0v) is 7.24. The summed E-state index contributed by atoms with van der Waals surface area (Å²) in [5.74, 6) is -0.0731. The van der Waals surface area contributed by atoms with Crippen LogP contribution < -0.4 is 4.74 Å². The normalized spacial score (nSPS) is 10.4. The third-order valence-electron chi connectivity index (χ3n) is 1.11. The van der Waals surface area contributed by atoms with Crippen LogP contribution in [-0.2, 0) is 0 Å². The van der Waals surface area contributed by atoms with Crippen LogP contribution in [0, 0.1) is 0 Å². The monoisotopic (exact) mass is 212 g/mol. The van der Waals surface area contributed by atoms with Crippen LogP contribution in [0.2, 0.25) is 10.0 Å². The molecule has 0 aliphatic rings. The van der Waals surface area contributed by atoms with Crippen LogP contribution >= 0.6 is 23.2 Å². The predicted octanol–water partition coefficient (Wildman–Crippen LogP) is 3.59. The summed E-state index contributed by atoms with van der Waals surface area (Å²) < 4.78 is 27.5. The largest absolute Gasteiger partial charge is 0.433 e.